The van der Waals surface area contributed by atoms with Gasteiger partial charge in [-0.1, -0.05) is 30.7 Å². The fraction of sp³-hybridized carbons (Fsp3) is 0.250. The first kappa shape index (κ1) is 15.7. The maximum atomic E-state index is 14.1. The summed E-state index contributed by atoms with van der Waals surface area (Å²) in [6.45, 7) is 4.70. The Labute approximate surface area is 127 Å². The van der Waals surface area contributed by atoms with E-state index >= 15 is 0 Å². The molecular weight excluding hydrogens is 296 g/mol. The SMILES string of the molecule is CCNC(C)c1ccc(Oc2cccc(Cl)c2F)c(F)c1. The van der Waals surface area contributed by atoms with Crippen molar-refractivity contribution in [2.45, 2.75) is 19.9 Å². The molecule has 0 aliphatic rings. The molecule has 0 radical (unpaired) electrons. The highest BCUT2D eigenvalue weighted by Crippen LogP contribution is 2.31. The lowest BCUT2D eigenvalue weighted by atomic mass is 10.1. The van der Waals surface area contributed by atoms with Crippen LogP contribution in [-0.4, -0.2) is 6.54 Å². The van der Waals surface area contributed by atoms with Gasteiger partial charge in [-0.3, -0.25) is 0 Å². The number of ether oxygens (including phenoxy) is 1. The Bertz CT molecular complexity index is 634. The van der Waals surface area contributed by atoms with Gasteiger partial charge in [0.1, 0.15) is 0 Å². The lowest BCUT2D eigenvalue weighted by Gasteiger charge is -2.14. The van der Waals surface area contributed by atoms with Crippen LogP contribution >= 0.6 is 11.6 Å². The van der Waals surface area contributed by atoms with Crippen LogP contribution in [0.5, 0.6) is 11.5 Å². The van der Waals surface area contributed by atoms with E-state index in [0.717, 1.165) is 12.1 Å². The highest BCUT2D eigenvalue weighted by Gasteiger charge is 2.13. The summed E-state index contributed by atoms with van der Waals surface area (Å²) in [5, 5.41) is 3.13. The molecule has 1 unspecified atom stereocenters. The second-order valence-electron chi connectivity index (χ2n) is 4.62. The maximum Gasteiger partial charge on any atom is 0.184 e. The minimum atomic E-state index is -0.705. The van der Waals surface area contributed by atoms with Crippen LogP contribution in [0.2, 0.25) is 5.02 Å². The highest BCUT2D eigenvalue weighted by molar-refractivity contribution is 6.30. The van der Waals surface area contributed by atoms with Gasteiger partial charge in [-0.15, -0.1) is 0 Å². The molecule has 2 aromatic carbocycles. The Kier molecular flexibility index (Phi) is 5.15. The number of halogens is 3. The largest absolute Gasteiger partial charge is 0.451 e. The second kappa shape index (κ2) is 6.87. The van der Waals surface area contributed by atoms with Crippen molar-refractivity contribution < 1.29 is 13.5 Å². The Morgan fingerprint density at radius 3 is 2.62 bits per heavy atom. The number of rotatable bonds is 5. The Morgan fingerprint density at radius 2 is 1.95 bits per heavy atom. The van der Waals surface area contributed by atoms with Gasteiger partial charge in [0.2, 0.25) is 0 Å². The van der Waals surface area contributed by atoms with Crippen molar-refractivity contribution >= 4 is 11.6 Å². The Balaban J connectivity index is 2.23. The summed E-state index contributed by atoms with van der Waals surface area (Å²) in [6, 6.07) is 8.98. The summed E-state index contributed by atoms with van der Waals surface area (Å²) in [4.78, 5) is 0. The molecule has 0 aliphatic carbocycles. The minimum absolute atomic E-state index is 0.0291. The van der Waals surface area contributed by atoms with E-state index in [2.05, 4.69) is 5.32 Å². The fourth-order valence-corrected chi connectivity index (χ4v) is 2.14. The molecule has 0 saturated carbocycles. The lowest BCUT2D eigenvalue weighted by Crippen LogP contribution is -2.17. The van der Waals surface area contributed by atoms with Crippen LogP contribution in [0.4, 0.5) is 8.78 Å². The molecule has 0 saturated heterocycles. The van der Waals surface area contributed by atoms with Crippen LogP contribution in [0.3, 0.4) is 0 Å². The molecule has 0 bridgehead atoms. The van der Waals surface area contributed by atoms with Crippen LogP contribution in [0.1, 0.15) is 25.5 Å². The van der Waals surface area contributed by atoms with Gasteiger partial charge >= 0.3 is 0 Å². The number of hydrogen-bond acceptors (Lipinski definition) is 2. The second-order valence-corrected chi connectivity index (χ2v) is 5.03. The van der Waals surface area contributed by atoms with Gasteiger partial charge in [-0.2, -0.15) is 0 Å². The molecule has 2 nitrogen and oxygen atoms in total. The summed E-state index contributed by atoms with van der Waals surface area (Å²) < 4.78 is 33.1. The van der Waals surface area contributed by atoms with Crippen molar-refractivity contribution in [3.8, 4) is 11.5 Å². The molecule has 0 heterocycles. The van der Waals surface area contributed by atoms with Gasteiger partial charge in [-0.05, 0) is 43.3 Å². The number of hydrogen-bond donors (Lipinski definition) is 1. The molecule has 5 heteroatoms. The van der Waals surface area contributed by atoms with E-state index in [0.29, 0.717) is 0 Å². The first-order valence-corrected chi connectivity index (χ1v) is 7.05. The fourth-order valence-electron chi connectivity index (χ4n) is 1.97. The number of benzene rings is 2. The van der Waals surface area contributed by atoms with Gasteiger partial charge in [0.25, 0.3) is 0 Å². The van der Waals surface area contributed by atoms with Gasteiger partial charge < -0.3 is 10.1 Å². The summed E-state index contributed by atoms with van der Waals surface area (Å²) in [5.41, 5.74) is 0.799. The normalized spacial score (nSPS) is 12.2. The van der Waals surface area contributed by atoms with Gasteiger partial charge in [0.15, 0.2) is 23.1 Å². The van der Waals surface area contributed by atoms with E-state index in [1.807, 2.05) is 13.8 Å². The van der Waals surface area contributed by atoms with Crippen molar-refractivity contribution in [2.75, 3.05) is 6.54 Å². The molecule has 1 atom stereocenters. The first-order chi connectivity index (χ1) is 10.0. The third-order valence-corrected chi connectivity index (χ3v) is 3.39. The predicted octanol–water partition coefficient (Wildman–Crippen LogP) is 5.08. The van der Waals surface area contributed by atoms with E-state index in [9.17, 15) is 8.78 Å². The molecule has 0 spiro atoms. The summed E-state index contributed by atoms with van der Waals surface area (Å²) in [5.74, 6) is -1.39. The molecule has 0 amide bonds. The van der Waals surface area contributed by atoms with Crippen molar-refractivity contribution in [2.24, 2.45) is 0 Å². The van der Waals surface area contributed by atoms with Crippen molar-refractivity contribution in [1.82, 2.24) is 5.32 Å². The van der Waals surface area contributed by atoms with E-state index in [-0.39, 0.29) is 22.6 Å². The summed E-state index contributed by atoms with van der Waals surface area (Å²) in [7, 11) is 0. The average molecular weight is 312 g/mol. The molecule has 0 fully saturated rings. The van der Waals surface area contributed by atoms with Crippen LogP contribution in [0.15, 0.2) is 36.4 Å². The zero-order valence-corrected chi connectivity index (χ0v) is 12.5. The van der Waals surface area contributed by atoms with Crippen LogP contribution in [0, 0.1) is 11.6 Å². The van der Waals surface area contributed by atoms with Crippen LogP contribution < -0.4 is 10.1 Å². The van der Waals surface area contributed by atoms with Crippen LogP contribution in [-0.2, 0) is 0 Å². The van der Waals surface area contributed by atoms with E-state index in [1.54, 1.807) is 12.1 Å². The summed E-state index contributed by atoms with van der Waals surface area (Å²) in [6.07, 6.45) is 0. The molecule has 2 rings (SSSR count). The van der Waals surface area contributed by atoms with Gasteiger partial charge in [0, 0.05) is 6.04 Å². The van der Waals surface area contributed by atoms with E-state index in [1.165, 1.54) is 24.3 Å². The third-order valence-electron chi connectivity index (χ3n) is 3.10. The zero-order chi connectivity index (χ0) is 15.4. The van der Waals surface area contributed by atoms with E-state index in [4.69, 9.17) is 16.3 Å². The quantitative estimate of drug-likeness (QED) is 0.831. The molecule has 1 N–H and O–H groups in total. The minimum Gasteiger partial charge on any atom is -0.451 e. The summed E-state index contributed by atoms with van der Waals surface area (Å²) >= 11 is 5.66. The predicted molar refractivity (Wildman–Crippen MR) is 80.0 cm³/mol. The van der Waals surface area contributed by atoms with E-state index < -0.39 is 11.6 Å². The molecular formula is C16H16ClF2NO. The average Bonchev–Trinajstić information content (AvgIpc) is 2.46. The highest BCUT2D eigenvalue weighted by atomic mass is 35.5. The Morgan fingerprint density at radius 1 is 1.19 bits per heavy atom. The molecule has 2 aromatic rings. The van der Waals surface area contributed by atoms with Gasteiger partial charge in [0.05, 0.1) is 5.02 Å². The first-order valence-electron chi connectivity index (χ1n) is 6.67. The maximum absolute atomic E-state index is 14.1. The molecule has 112 valence electrons. The monoisotopic (exact) mass is 311 g/mol. The van der Waals surface area contributed by atoms with Crippen molar-refractivity contribution in [3.63, 3.8) is 0 Å². The zero-order valence-electron chi connectivity index (χ0n) is 11.8. The smallest absolute Gasteiger partial charge is 0.184 e. The van der Waals surface area contributed by atoms with Crippen molar-refractivity contribution in [1.29, 1.82) is 0 Å². The number of nitrogens with one attached hydrogen (secondary N) is 1. The third kappa shape index (κ3) is 3.71. The molecule has 0 aliphatic heterocycles. The topological polar surface area (TPSA) is 21.3 Å². The standard InChI is InChI=1S/C16H16ClF2NO/c1-3-20-10(2)11-7-8-14(13(18)9-11)21-15-6-4-5-12(17)16(15)19/h4-10,20H,3H2,1-2H3. The van der Waals surface area contributed by atoms with Crippen LogP contribution in [0.25, 0.3) is 0 Å². The van der Waals surface area contributed by atoms with Crippen molar-refractivity contribution in [3.05, 3.63) is 58.6 Å². The lowest BCUT2D eigenvalue weighted by molar-refractivity contribution is 0.413. The van der Waals surface area contributed by atoms with Gasteiger partial charge in [-0.25, -0.2) is 8.78 Å². The molecule has 21 heavy (non-hydrogen) atoms. The molecule has 0 aromatic heterocycles. The Hall–Kier alpha value is -1.65.